The maximum atomic E-state index is 11.9. The number of rotatable bonds is 3. The van der Waals surface area contributed by atoms with E-state index in [1.807, 2.05) is 6.92 Å². The number of nitrogen functional groups attached to an aromatic ring is 1. The molecule has 0 aliphatic rings. The van der Waals surface area contributed by atoms with Crippen LogP contribution < -0.4 is 22.3 Å². The van der Waals surface area contributed by atoms with Gasteiger partial charge in [-0.25, -0.2) is 4.79 Å². The number of anilines is 2. The Bertz CT molecular complexity index is 798. The third-order valence-corrected chi connectivity index (χ3v) is 3.72. The molecule has 21 heavy (non-hydrogen) atoms. The number of nitrogens with zero attached hydrogens (tertiary/aromatic N) is 1. The predicted molar refractivity (Wildman–Crippen MR) is 85.2 cm³/mol. The van der Waals surface area contributed by atoms with Crippen molar-refractivity contribution in [3.05, 3.63) is 54.6 Å². The summed E-state index contributed by atoms with van der Waals surface area (Å²) in [6.07, 6.45) is 0. The van der Waals surface area contributed by atoms with E-state index in [2.05, 4.69) is 10.3 Å². The second kappa shape index (κ2) is 5.83. The van der Waals surface area contributed by atoms with E-state index in [1.54, 1.807) is 18.2 Å². The molecular weight excluding hydrogens is 315 g/mol. The molecule has 0 fully saturated rings. The summed E-state index contributed by atoms with van der Waals surface area (Å²) in [6, 6.07) is 4.78. The van der Waals surface area contributed by atoms with E-state index in [9.17, 15) is 9.59 Å². The summed E-state index contributed by atoms with van der Waals surface area (Å²) < 4.78 is 1.15. The second-order valence-corrected chi connectivity index (χ2v) is 5.45. The summed E-state index contributed by atoms with van der Waals surface area (Å²) in [6.45, 7) is 1.82. The van der Waals surface area contributed by atoms with E-state index < -0.39 is 11.2 Å². The monoisotopic (exact) mass is 328 g/mol. The van der Waals surface area contributed by atoms with Crippen LogP contribution in [0.2, 0.25) is 10.0 Å². The Morgan fingerprint density at radius 1 is 1.33 bits per heavy atom. The van der Waals surface area contributed by atoms with Crippen LogP contribution in [-0.4, -0.2) is 9.55 Å². The third kappa shape index (κ3) is 3.06. The highest BCUT2D eigenvalue weighted by Gasteiger charge is 2.15. The van der Waals surface area contributed by atoms with E-state index in [-0.39, 0.29) is 17.5 Å². The van der Waals surface area contributed by atoms with Gasteiger partial charge in [0.2, 0.25) is 0 Å². The zero-order valence-electron chi connectivity index (χ0n) is 11.4. The molecule has 0 bridgehead atoms. The molecule has 0 radical (unpaired) electrons. The molecule has 1 unspecified atom stereocenters. The zero-order valence-corrected chi connectivity index (χ0v) is 12.9. The molecule has 2 aromatic rings. The highest BCUT2D eigenvalue weighted by molar-refractivity contribution is 6.35. The first-order valence-corrected chi connectivity index (χ1v) is 6.87. The molecule has 1 aromatic carbocycles. The summed E-state index contributed by atoms with van der Waals surface area (Å²) in [5.41, 5.74) is 5.53. The molecule has 0 saturated heterocycles. The smallest absolute Gasteiger partial charge is 0.329 e. The average Bonchev–Trinajstić information content (AvgIpc) is 2.41. The van der Waals surface area contributed by atoms with Crippen molar-refractivity contribution < 1.29 is 0 Å². The van der Waals surface area contributed by atoms with Gasteiger partial charge in [-0.3, -0.25) is 14.3 Å². The molecule has 1 heterocycles. The highest BCUT2D eigenvalue weighted by Crippen LogP contribution is 2.28. The van der Waals surface area contributed by atoms with Gasteiger partial charge in [-0.05, 0) is 24.6 Å². The molecule has 0 amide bonds. The number of aromatic nitrogens is 2. The van der Waals surface area contributed by atoms with Gasteiger partial charge in [0, 0.05) is 17.1 Å². The van der Waals surface area contributed by atoms with Gasteiger partial charge in [0.1, 0.15) is 11.5 Å². The quantitative estimate of drug-likeness (QED) is 0.804. The minimum absolute atomic E-state index is 0.0562. The predicted octanol–water partition coefficient (Wildman–Crippen LogP) is 2.14. The van der Waals surface area contributed by atoms with Crippen molar-refractivity contribution in [2.24, 2.45) is 7.05 Å². The minimum atomic E-state index is -0.576. The maximum Gasteiger partial charge on any atom is 0.329 e. The van der Waals surface area contributed by atoms with Gasteiger partial charge in [0.25, 0.3) is 5.56 Å². The molecule has 8 heteroatoms. The van der Waals surface area contributed by atoms with Crippen LogP contribution in [0.1, 0.15) is 18.5 Å². The number of H-pyrrole nitrogens is 1. The third-order valence-electron chi connectivity index (χ3n) is 3.16. The van der Waals surface area contributed by atoms with Gasteiger partial charge in [-0.15, -0.1) is 0 Å². The zero-order chi connectivity index (χ0) is 15.7. The second-order valence-electron chi connectivity index (χ2n) is 4.61. The van der Waals surface area contributed by atoms with Crippen molar-refractivity contribution in [1.82, 2.24) is 9.55 Å². The Morgan fingerprint density at radius 2 is 2.00 bits per heavy atom. The summed E-state index contributed by atoms with van der Waals surface area (Å²) >= 11 is 12.0. The molecular formula is C13H14Cl2N4O2. The van der Waals surface area contributed by atoms with Crippen LogP contribution in [0, 0.1) is 0 Å². The minimum Gasteiger partial charge on any atom is -0.383 e. The van der Waals surface area contributed by atoms with Crippen molar-refractivity contribution >= 4 is 34.7 Å². The molecule has 0 aliphatic carbocycles. The van der Waals surface area contributed by atoms with E-state index in [0.717, 1.165) is 10.1 Å². The lowest BCUT2D eigenvalue weighted by Gasteiger charge is -2.18. The van der Waals surface area contributed by atoms with Gasteiger partial charge in [-0.1, -0.05) is 29.3 Å². The Labute approximate surface area is 130 Å². The number of hydrogen-bond acceptors (Lipinski definition) is 4. The molecule has 0 spiro atoms. The number of aromatic amines is 1. The number of nitrogens with two attached hydrogens (primary N) is 1. The summed E-state index contributed by atoms with van der Waals surface area (Å²) in [7, 11) is 1.47. The molecule has 1 atom stereocenters. The number of nitrogens with one attached hydrogen (secondary N) is 2. The van der Waals surface area contributed by atoms with Crippen LogP contribution in [0.3, 0.4) is 0 Å². The fourth-order valence-corrected chi connectivity index (χ4v) is 2.50. The van der Waals surface area contributed by atoms with E-state index in [0.29, 0.717) is 10.0 Å². The average molecular weight is 329 g/mol. The molecule has 0 saturated carbocycles. The van der Waals surface area contributed by atoms with Crippen LogP contribution in [0.4, 0.5) is 11.5 Å². The van der Waals surface area contributed by atoms with Crippen LogP contribution in [-0.2, 0) is 7.05 Å². The fraction of sp³-hybridized carbons (Fsp3) is 0.231. The van der Waals surface area contributed by atoms with Gasteiger partial charge < -0.3 is 11.1 Å². The van der Waals surface area contributed by atoms with E-state index in [1.165, 1.54) is 7.05 Å². The largest absolute Gasteiger partial charge is 0.383 e. The number of benzene rings is 1. The van der Waals surface area contributed by atoms with Gasteiger partial charge >= 0.3 is 5.69 Å². The molecule has 2 rings (SSSR count). The Kier molecular flexibility index (Phi) is 4.29. The fourth-order valence-electron chi connectivity index (χ4n) is 1.92. The highest BCUT2D eigenvalue weighted by atomic mass is 35.5. The van der Waals surface area contributed by atoms with Crippen molar-refractivity contribution in [1.29, 1.82) is 0 Å². The molecule has 0 aliphatic heterocycles. The van der Waals surface area contributed by atoms with Crippen LogP contribution in [0.25, 0.3) is 0 Å². The SMILES string of the molecule is CC(Nc1c(N)n(C)c(=O)[nH]c1=O)c1ccc(Cl)cc1Cl. The summed E-state index contributed by atoms with van der Waals surface area (Å²) in [4.78, 5) is 25.5. The van der Waals surface area contributed by atoms with E-state index in [4.69, 9.17) is 28.9 Å². The Morgan fingerprint density at radius 3 is 2.62 bits per heavy atom. The molecule has 6 nitrogen and oxygen atoms in total. The standard InChI is InChI=1S/C13H14Cl2N4O2/c1-6(8-4-3-7(14)5-9(8)15)17-10-11(16)19(2)13(21)18-12(10)20/h3-6,17H,16H2,1-2H3,(H,18,20,21). The lowest BCUT2D eigenvalue weighted by atomic mass is 10.1. The lowest BCUT2D eigenvalue weighted by Crippen LogP contribution is -2.33. The van der Waals surface area contributed by atoms with Crippen LogP contribution >= 0.6 is 23.2 Å². The van der Waals surface area contributed by atoms with Crippen molar-refractivity contribution in [3.8, 4) is 0 Å². The van der Waals surface area contributed by atoms with Gasteiger partial charge in [0.05, 0.1) is 6.04 Å². The van der Waals surface area contributed by atoms with Gasteiger partial charge in [-0.2, -0.15) is 0 Å². The molecule has 4 N–H and O–H groups in total. The first-order valence-electron chi connectivity index (χ1n) is 6.11. The number of hydrogen-bond donors (Lipinski definition) is 3. The van der Waals surface area contributed by atoms with Crippen molar-refractivity contribution in [2.45, 2.75) is 13.0 Å². The lowest BCUT2D eigenvalue weighted by molar-refractivity contribution is 0.801. The summed E-state index contributed by atoms with van der Waals surface area (Å²) in [5, 5.41) is 3.96. The molecule has 1 aromatic heterocycles. The first-order chi connectivity index (χ1) is 9.81. The summed E-state index contributed by atoms with van der Waals surface area (Å²) in [5.74, 6) is 0.0562. The van der Waals surface area contributed by atoms with Gasteiger partial charge in [0.15, 0.2) is 0 Å². The van der Waals surface area contributed by atoms with Crippen molar-refractivity contribution in [3.63, 3.8) is 0 Å². The topological polar surface area (TPSA) is 92.9 Å². The van der Waals surface area contributed by atoms with Crippen molar-refractivity contribution in [2.75, 3.05) is 11.1 Å². The normalized spacial score (nSPS) is 12.2. The first kappa shape index (κ1) is 15.5. The van der Waals surface area contributed by atoms with E-state index >= 15 is 0 Å². The van der Waals surface area contributed by atoms with Crippen LogP contribution in [0.15, 0.2) is 27.8 Å². The number of halogens is 2. The Hall–Kier alpha value is -1.92. The Balaban J connectivity index is 2.41. The maximum absolute atomic E-state index is 11.9. The van der Waals surface area contributed by atoms with Crippen LogP contribution in [0.5, 0.6) is 0 Å². The molecule has 112 valence electrons.